The summed E-state index contributed by atoms with van der Waals surface area (Å²) >= 11 is 0. The van der Waals surface area contributed by atoms with Crippen molar-refractivity contribution in [3.8, 4) is 0 Å². The molecule has 1 unspecified atom stereocenters. The monoisotopic (exact) mass is 277 g/mol. The van der Waals surface area contributed by atoms with Crippen LogP contribution in [0, 0.1) is 12.8 Å². The first-order valence-electron chi connectivity index (χ1n) is 6.96. The van der Waals surface area contributed by atoms with E-state index in [-0.39, 0.29) is 12.2 Å². The van der Waals surface area contributed by atoms with Crippen LogP contribution in [-0.4, -0.2) is 29.4 Å². The summed E-state index contributed by atoms with van der Waals surface area (Å²) in [6.07, 6.45) is 0.724. The Morgan fingerprint density at radius 2 is 1.80 bits per heavy atom. The van der Waals surface area contributed by atoms with Crippen molar-refractivity contribution in [3.63, 3.8) is 0 Å². The molecule has 4 nitrogen and oxygen atoms in total. The van der Waals surface area contributed by atoms with Gasteiger partial charge in [0.05, 0.1) is 12.5 Å². The van der Waals surface area contributed by atoms with Gasteiger partial charge in [-0.1, -0.05) is 43.7 Å². The summed E-state index contributed by atoms with van der Waals surface area (Å²) in [6.45, 7) is 6.78. The fraction of sp³-hybridized carbons (Fsp3) is 0.500. The van der Waals surface area contributed by atoms with Crippen LogP contribution >= 0.6 is 0 Å². The molecule has 1 atom stereocenters. The molecule has 0 fully saturated rings. The van der Waals surface area contributed by atoms with Crippen LogP contribution in [0.25, 0.3) is 0 Å². The lowest BCUT2D eigenvalue weighted by molar-refractivity contribution is -0.137. The molecule has 0 radical (unpaired) electrons. The molecule has 1 rings (SSSR count). The average molecular weight is 277 g/mol. The largest absolute Gasteiger partial charge is 0.481 e. The van der Waals surface area contributed by atoms with Crippen molar-refractivity contribution >= 4 is 11.8 Å². The van der Waals surface area contributed by atoms with Gasteiger partial charge in [-0.05, 0) is 25.8 Å². The molecule has 0 heterocycles. The maximum absolute atomic E-state index is 12.3. The Balaban J connectivity index is 2.73. The molecular weight excluding hydrogens is 254 g/mol. The van der Waals surface area contributed by atoms with Gasteiger partial charge < -0.3 is 10.4 Å². The summed E-state index contributed by atoms with van der Waals surface area (Å²) in [4.78, 5) is 23.2. The number of carboxylic acid groups (broad SMARTS) is 1. The van der Waals surface area contributed by atoms with E-state index in [1.807, 2.05) is 19.1 Å². The van der Waals surface area contributed by atoms with E-state index in [1.165, 1.54) is 0 Å². The Kier molecular flexibility index (Phi) is 6.39. The molecule has 4 heteroatoms. The molecule has 20 heavy (non-hydrogen) atoms. The van der Waals surface area contributed by atoms with Gasteiger partial charge in [-0.2, -0.15) is 0 Å². The van der Waals surface area contributed by atoms with Crippen molar-refractivity contribution in [2.24, 2.45) is 5.92 Å². The number of carboxylic acids is 1. The highest BCUT2D eigenvalue weighted by molar-refractivity contribution is 6.01. The quantitative estimate of drug-likeness (QED) is 0.717. The molecule has 0 aromatic heterocycles. The van der Waals surface area contributed by atoms with Gasteiger partial charge in [0, 0.05) is 5.56 Å². The van der Waals surface area contributed by atoms with Crippen molar-refractivity contribution in [1.82, 2.24) is 5.32 Å². The topological polar surface area (TPSA) is 66.4 Å². The van der Waals surface area contributed by atoms with Gasteiger partial charge in [-0.3, -0.25) is 9.59 Å². The van der Waals surface area contributed by atoms with Crippen LogP contribution in [-0.2, 0) is 4.79 Å². The van der Waals surface area contributed by atoms with Gasteiger partial charge in [0.1, 0.15) is 0 Å². The Hall–Kier alpha value is -1.68. The lowest BCUT2D eigenvalue weighted by Crippen LogP contribution is -2.39. The van der Waals surface area contributed by atoms with Crippen molar-refractivity contribution in [3.05, 3.63) is 35.4 Å². The highest BCUT2D eigenvalue weighted by Crippen LogP contribution is 2.09. The van der Waals surface area contributed by atoms with E-state index in [9.17, 15) is 9.59 Å². The fourth-order valence-corrected chi connectivity index (χ4v) is 1.90. The van der Waals surface area contributed by atoms with Crippen LogP contribution in [0.2, 0.25) is 0 Å². The minimum absolute atomic E-state index is 0.156. The van der Waals surface area contributed by atoms with Gasteiger partial charge in [0.15, 0.2) is 5.78 Å². The van der Waals surface area contributed by atoms with Crippen molar-refractivity contribution < 1.29 is 14.7 Å². The van der Waals surface area contributed by atoms with Gasteiger partial charge in [-0.15, -0.1) is 0 Å². The molecule has 0 aliphatic carbocycles. The van der Waals surface area contributed by atoms with Gasteiger partial charge in [0.2, 0.25) is 0 Å². The van der Waals surface area contributed by atoms with Crippen LogP contribution in [0.3, 0.4) is 0 Å². The zero-order valence-corrected chi connectivity index (χ0v) is 12.3. The molecule has 0 saturated carbocycles. The first kappa shape index (κ1) is 16.4. The number of ketones is 1. The van der Waals surface area contributed by atoms with Gasteiger partial charge >= 0.3 is 5.97 Å². The number of Topliss-reactive ketones (excluding diaryl/α,β-unsaturated/α-hetero) is 1. The second kappa shape index (κ2) is 7.80. The average Bonchev–Trinajstić information content (AvgIpc) is 2.37. The van der Waals surface area contributed by atoms with E-state index in [0.29, 0.717) is 18.0 Å². The highest BCUT2D eigenvalue weighted by Gasteiger charge is 2.22. The molecule has 0 saturated heterocycles. The van der Waals surface area contributed by atoms with Crippen LogP contribution < -0.4 is 5.32 Å². The number of carbonyl (C=O) groups is 2. The number of benzene rings is 1. The van der Waals surface area contributed by atoms with E-state index in [4.69, 9.17) is 5.11 Å². The van der Waals surface area contributed by atoms with E-state index in [1.54, 1.807) is 12.1 Å². The maximum atomic E-state index is 12.3. The molecule has 0 bridgehead atoms. The molecule has 110 valence electrons. The fourth-order valence-electron chi connectivity index (χ4n) is 1.90. The summed E-state index contributed by atoms with van der Waals surface area (Å²) in [6, 6.07) is 6.56. The molecule has 0 aliphatic rings. The zero-order chi connectivity index (χ0) is 15.1. The van der Waals surface area contributed by atoms with Crippen LogP contribution in [0.1, 0.15) is 42.6 Å². The van der Waals surface area contributed by atoms with E-state index in [0.717, 1.165) is 12.0 Å². The van der Waals surface area contributed by atoms with Crippen LogP contribution in [0.5, 0.6) is 0 Å². The second-order valence-electron chi connectivity index (χ2n) is 5.52. The van der Waals surface area contributed by atoms with Gasteiger partial charge in [-0.25, -0.2) is 0 Å². The van der Waals surface area contributed by atoms with Crippen molar-refractivity contribution in [2.75, 3.05) is 6.54 Å². The third-order valence-electron chi connectivity index (χ3n) is 3.14. The maximum Gasteiger partial charge on any atom is 0.305 e. The summed E-state index contributed by atoms with van der Waals surface area (Å²) in [5, 5.41) is 12.0. The highest BCUT2D eigenvalue weighted by atomic mass is 16.4. The number of aryl methyl sites for hydroxylation is 1. The van der Waals surface area contributed by atoms with Gasteiger partial charge in [0.25, 0.3) is 0 Å². The lowest BCUT2D eigenvalue weighted by Gasteiger charge is -2.16. The normalized spacial score (nSPS) is 12.4. The minimum Gasteiger partial charge on any atom is -0.481 e. The molecule has 0 spiro atoms. The third kappa shape index (κ3) is 5.53. The number of carbonyl (C=O) groups excluding carboxylic acids is 1. The molecule has 2 N–H and O–H groups in total. The first-order chi connectivity index (χ1) is 9.40. The number of nitrogens with one attached hydrogen (secondary N) is 1. The number of hydrogen-bond acceptors (Lipinski definition) is 3. The van der Waals surface area contributed by atoms with Crippen molar-refractivity contribution in [2.45, 2.75) is 39.7 Å². The molecule has 0 aliphatic heterocycles. The summed E-state index contributed by atoms with van der Waals surface area (Å²) < 4.78 is 0. The Morgan fingerprint density at radius 3 is 2.30 bits per heavy atom. The molecular formula is C16H23NO3. The standard InChI is InChI=1S/C16H23NO3/c1-11(2)8-9-17-14(10-15(18)19)16(20)13-6-4-12(3)5-7-13/h4-7,11,14,17H,8-10H2,1-3H3,(H,18,19). The Bertz CT molecular complexity index is 451. The lowest BCUT2D eigenvalue weighted by atomic mass is 10.00. The Labute approximate surface area is 120 Å². The Morgan fingerprint density at radius 1 is 1.20 bits per heavy atom. The first-order valence-corrected chi connectivity index (χ1v) is 6.96. The molecule has 1 aromatic carbocycles. The zero-order valence-electron chi connectivity index (χ0n) is 12.3. The smallest absolute Gasteiger partial charge is 0.305 e. The van der Waals surface area contributed by atoms with Crippen LogP contribution in [0.4, 0.5) is 0 Å². The summed E-state index contributed by atoms with van der Waals surface area (Å²) in [5.41, 5.74) is 1.63. The number of aliphatic carboxylic acids is 1. The van der Waals surface area contributed by atoms with Crippen LogP contribution in [0.15, 0.2) is 24.3 Å². The van der Waals surface area contributed by atoms with E-state index in [2.05, 4.69) is 19.2 Å². The van der Waals surface area contributed by atoms with E-state index < -0.39 is 12.0 Å². The van der Waals surface area contributed by atoms with Crippen molar-refractivity contribution in [1.29, 1.82) is 0 Å². The summed E-state index contributed by atoms with van der Waals surface area (Å²) in [5.74, 6) is -0.605. The predicted molar refractivity (Wildman–Crippen MR) is 79.0 cm³/mol. The minimum atomic E-state index is -0.965. The summed E-state index contributed by atoms with van der Waals surface area (Å²) in [7, 11) is 0. The molecule has 0 amide bonds. The molecule has 1 aromatic rings. The second-order valence-corrected chi connectivity index (χ2v) is 5.52. The predicted octanol–water partition coefficient (Wildman–Crippen LogP) is 2.66. The third-order valence-corrected chi connectivity index (χ3v) is 3.14. The number of rotatable bonds is 8. The van der Waals surface area contributed by atoms with E-state index >= 15 is 0 Å². The number of hydrogen-bond donors (Lipinski definition) is 2. The SMILES string of the molecule is Cc1ccc(C(=O)C(CC(=O)O)NCCC(C)C)cc1.